The van der Waals surface area contributed by atoms with Gasteiger partial charge in [-0.2, -0.15) is 0 Å². The third-order valence-electron chi connectivity index (χ3n) is 8.37. The number of nitrogens with zero attached hydrogens (tertiary/aromatic N) is 2. The van der Waals surface area contributed by atoms with Crippen LogP contribution in [0.2, 0.25) is 0 Å². The number of benzene rings is 2. The average molecular weight is 664 g/mol. The monoisotopic (exact) mass is 663 g/mol. The van der Waals surface area contributed by atoms with Crippen LogP contribution in [0, 0.1) is 11.8 Å². The number of morpholine rings is 1. The van der Waals surface area contributed by atoms with Crippen molar-refractivity contribution in [2.75, 3.05) is 26.3 Å². The van der Waals surface area contributed by atoms with E-state index in [1.54, 1.807) is 24.9 Å². The number of H-pyrrole nitrogens is 1. The molecule has 1 fully saturated rings. The third kappa shape index (κ3) is 10.9. The van der Waals surface area contributed by atoms with Gasteiger partial charge in [0.1, 0.15) is 6.04 Å². The molecular weight excluding hydrogens is 614 g/mol. The maximum atomic E-state index is 14.2. The van der Waals surface area contributed by atoms with Gasteiger partial charge in [-0.05, 0) is 48.9 Å². The van der Waals surface area contributed by atoms with Gasteiger partial charge in [-0.3, -0.25) is 19.2 Å². The Bertz CT molecular complexity index is 1500. The van der Waals surface area contributed by atoms with Crippen molar-refractivity contribution >= 4 is 34.5 Å². The molecule has 1 aromatic heterocycles. The molecule has 4 atom stereocenters. The van der Waals surface area contributed by atoms with E-state index in [1.807, 2.05) is 56.3 Å². The van der Waals surface area contributed by atoms with E-state index in [9.17, 15) is 24.3 Å². The number of amides is 3. The first kappa shape index (κ1) is 36.5. The highest BCUT2D eigenvalue weighted by Crippen LogP contribution is 2.24. The van der Waals surface area contributed by atoms with E-state index in [0.717, 1.165) is 16.3 Å². The summed E-state index contributed by atoms with van der Waals surface area (Å²) in [5.41, 5.74) is 1.54. The zero-order chi connectivity index (χ0) is 34.6. The molecule has 48 heavy (non-hydrogen) atoms. The summed E-state index contributed by atoms with van der Waals surface area (Å²) in [5.74, 6) is -2.37. The smallest absolute Gasteiger partial charge is 0.308 e. The Morgan fingerprint density at radius 1 is 0.958 bits per heavy atom. The second-order valence-electron chi connectivity index (χ2n) is 13.1. The van der Waals surface area contributed by atoms with Crippen molar-refractivity contribution in [3.05, 3.63) is 66.2 Å². The second-order valence-corrected chi connectivity index (χ2v) is 13.1. The zero-order valence-corrected chi connectivity index (χ0v) is 28.3. The van der Waals surface area contributed by atoms with Crippen LogP contribution in [0.5, 0.6) is 0 Å². The van der Waals surface area contributed by atoms with Crippen LogP contribution in [0.15, 0.2) is 55.0 Å². The van der Waals surface area contributed by atoms with Crippen LogP contribution < -0.4 is 10.6 Å². The van der Waals surface area contributed by atoms with Crippen LogP contribution in [0.25, 0.3) is 10.8 Å². The fourth-order valence-electron chi connectivity index (χ4n) is 5.99. The summed E-state index contributed by atoms with van der Waals surface area (Å²) in [6.45, 7) is 9.14. The standard InChI is InChI=1S/C36H49N5O7/c1-23(2)16-30(32(42)20-34(44)48-24(3)4)39-36(46)31(19-28-21-37-22-38-28)40-35(45)27(18-33(43)41-12-14-47-15-13-41)17-26-10-7-9-25-8-5-6-11-29(25)26/h5-11,21-24,27,30-32,42H,12-20H2,1-4H3,(H,37,38)(H,39,46)(H,40,45)/t27?,30-,31-,32-/m0/s1. The van der Waals surface area contributed by atoms with Crippen LogP contribution in [0.1, 0.15) is 58.2 Å². The number of nitrogens with one attached hydrogen (secondary N) is 3. The summed E-state index contributed by atoms with van der Waals surface area (Å²) in [5, 5.41) is 18.8. The minimum absolute atomic E-state index is 0.0416. The Balaban J connectivity index is 1.58. The van der Waals surface area contributed by atoms with Crippen LogP contribution in [-0.4, -0.2) is 94.3 Å². The number of imidazole rings is 1. The Hall–Kier alpha value is -4.29. The molecule has 1 aliphatic rings. The molecule has 3 aromatic rings. The van der Waals surface area contributed by atoms with Crippen LogP contribution in [0.4, 0.5) is 0 Å². The van der Waals surface area contributed by atoms with Gasteiger partial charge in [0.2, 0.25) is 17.7 Å². The van der Waals surface area contributed by atoms with E-state index in [0.29, 0.717) is 38.4 Å². The highest BCUT2D eigenvalue weighted by Gasteiger charge is 2.33. The molecule has 12 nitrogen and oxygen atoms in total. The molecule has 0 bridgehead atoms. The van der Waals surface area contributed by atoms with Gasteiger partial charge < -0.3 is 35.1 Å². The van der Waals surface area contributed by atoms with Crippen LogP contribution in [-0.2, 0) is 41.5 Å². The molecule has 1 unspecified atom stereocenters. The molecule has 0 spiro atoms. The molecule has 1 aliphatic heterocycles. The molecule has 3 amide bonds. The fourth-order valence-corrected chi connectivity index (χ4v) is 5.99. The summed E-state index contributed by atoms with van der Waals surface area (Å²) >= 11 is 0. The lowest BCUT2D eigenvalue weighted by Gasteiger charge is -2.30. The average Bonchev–Trinajstić information content (AvgIpc) is 3.57. The molecule has 2 heterocycles. The van der Waals surface area contributed by atoms with Gasteiger partial charge in [0.05, 0.1) is 50.1 Å². The Morgan fingerprint density at radius 2 is 1.69 bits per heavy atom. The molecule has 4 rings (SSSR count). The number of hydrogen-bond acceptors (Lipinski definition) is 8. The number of carbonyl (C=O) groups is 4. The number of carbonyl (C=O) groups excluding carboxylic acids is 4. The lowest BCUT2D eigenvalue weighted by atomic mass is 9.91. The minimum Gasteiger partial charge on any atom is -0.463 e. The summed E-state index contributed by atoms with van der Waals surface area (Å²) < 4.78 is 10.6. The summed E-state index contributed by atoms with van der Waals surface area (Å²) in [4.78, 5) is 62.6. The number of fused-ring (bicyclic) bond motifs is 1. The fraction of sp³-hybridized carbons (Fsp3) is 0.528. The first-order chi connectivity index (χ1) is 23.0. The maximum Gasteiger partial charge on any atom is 0.308 e. The quantitative estimate of drug-likeness (QED) is 0.170. The van der Waals surface area contributed by atoms with Crippen molar-refractivity contribution in [3.63, 3.8) is 0 Å². The second kappa shape index (κ2) is 17.7. The molecule has 1 saturated heterocycles. The third-order valence-corrected chi connectivity index (χ3v) is 8.37. The van der Waals surface area contributed by atoms with Gasteiger partial charge in [0.25, 0.3) is 0 Å². The predicted octanol–water partition coefficient (Wildman–Crippen LogP) is 2.93. The lowest BCUT2D eigenvalue weighted by molar-refractivity contribution is -0.150. The molecule has 2 aromatic carbocycles. The first-order valence-corrected chi connectivity index (χ1v) is 16.8. The van der Waals surface area contributed by atoms with Crippen molar-refractivity contribution in [2.24, 2.45) is 11.8 Å². The summed E-state index contributed by atoms with van der Waals surface area (Å²) in [6, 6.07) is 12.0. The van der Waals surface area contributed by atoms with Crippen LogP contribution >= 0.6 is 0 Å². The van der Waals surface area contributed by atoms with Gasteiger partial charge in [-0.1, -0.05) is 56.3 Å². The largest absolute Gasteiger partial charge is 0.463 e. The molecule has 0 radical (unpaired) electrons. The van der Waals surface area contributed by atoms with E-state index in [1.165, 1.54) is 6.33 Å². The summed E-state index contributed by atoms with van der Waals surface area (Å²) in [7, 11) is 0. The predicted molar refractivity (Wildman–Crippen MR) is 181 cm³/mol. The molecule has 0 aliphatic carbocycles. The van der Waals surface area contributed by atoms with Crippen molar-refractivity contribution in [3.8, 4) is 0 Å². The lowest BCUT2D eigenvalue weighted by Crippen LogP contribution is -2.55. The highest BCUT2D eigenvalue weighted by atomic mass is 16.5. The molecule has 0 saturated carbocycles. The zero-order valence-electron chi connectivity index (χ0n) is 28.3. The number of aliphatic hydroxyl groups is 1. The molecule has 12 heteroatoms. The van der Waals surface area contributed by atoms with Crippen molar-refractivity contribution in [2.45, 2.75) is 84.1 Å². The van der Waals surface area contributed by atoms with Gasteiger partial charge in [-0.25, -0.2) is 4.98 Å². The Labute approximate surface area is 282 Å². The van der Waals surface area contributed by atoms with Gasteiger partial charge >= 0.3 is 5.97 Å². The highest BCUT2D eigenvalue weighted by molar-refractivity contribution is 5.92. The van der Waals surface area contributed by atoms with Crippen LogP contribution in [0.3, 0.4) is 0 Å². The van der Waals surface area contributed by atoms with E-state index in [4.69, 9.17) is 9.47 Å². The molecule has 260 valence electrons. The molecular formula is C36H49N5O7. The minimum atomic E-state index is -1.20. The van der Waals surface area contributed by atoms with Crippen molar-refractivity contribution in [1.82, 2.24) is 25.5 Å². The van der Waals surface area contributed by atoms with E-state index < -0.39 is 41.9 Å². The number of esters is 1. The summed E-state index contributed by atoms with van der Waals surface area (Å²) in [6.07, 6.45) is 1.97. The first-order valence-electron chi connectivity index (χ1n) is 16.8. The van der Waals surface area contributed by atoms with Gasteiger partial charge in [0, 0.05) is 37.8 Å². The number of aromatic nitrogens is 2. The SMILES string of the molecule is CC(C)C[C@H](NC(=O)[C@H](Cc1cnc[nH]1)NC(=O)C(CC(=O)N1CCOCC1)Cc1cccc2ccccc12)[C@@H](O)CC(=O)OC(C)C. The number of ether oxygens (including phenoxy) is 2. The van der Waals surface area contributed by atoms with E-state index >= 15 is 0 Å². The Kier molecular flexibility index (Phi) is 13.5. The van der Waals surface area contributed by atoms with Gasteiger partial charge in [-0.15, -0.1) is 0 Å². The van der Waals surface area contributed by atoms with Crippen molar-refractivity contribution in [1.29, 1.82) is 0 Å². The normalized spacial score (nSPS) is 15.9. The number of rotatable bonds is 16. The maximum absolute atomic E-state index is 14.2. The van der Waals surface area contributed by atoms with E-state index in [-0.39, 0.29) is 43.6 Å². The van der Waals surface area contributed by atoms with Gasteiger partial charge in [0.15, 0.2) is 0 Å². The number of aliphatic hydroxyl groups excluding tert-OH is 1. The topological polar surface area (TPSA) is 163 Å². The Morgan fingerprint density at radius 3 is 2.38 bits per heavy atom. The number of aromatic amines is 1. The molecule has 4 N–H and O–H groups in total. The number of hydrogen-bond donors (Lipinski definition) is 4. The van der Waals surface area contributed by atoms with E-state index in [2.05, 4.69) is 20.6 Å². The van der Waals surface area contributed by atoms with Crippen molar-refractivity contribution < 1.29 is 33.8 Å².